The van der Waals surface area contributed by atoms with Crippen LogP contribution in [-0.2, 0) is 0 Å². The number of fused-ring (bicyclic) bond motifs is 1. The van der Waals surface area contributed by atoms with Crippen molar-refractivity contribution >= 4 is 44.1 Å². The van der Waals surface area contributed by atoms with E-state index in [0.717, 1.165) is 35.7 Å². The summed E-state index contributed by atoms with van der Waals surface area (Å²) in [6.45, 7) is 2.07. The van der Waals surface area contributed by atoms with Gasteiger partial charge in [-0.2, -0.15) is 0 Å². The fourth-order valence-corrected chi connectivity index (χ4v) is 3.31. The number of halogens is 2. The van der Waals surface area contributed by atoms with Crippen LogP contribution in [0.25, 0.3) is 10.8 Å². The predicted octanol–water partition coefficient (Wildman–Crippen LogP) is 4.06. The molecule has 1 aromatic carbocycles. The number of rotatable bonds is 2. The molecule has 3 rings (SSSR count). The molecule has 0 aliphatic carbocycles. The van der Waals surface area contributed by atoms with Crippen molar-refractivity contribution in [1.82, 2.24) is 4.98 Å². The van der Waals surface area contributed by atoms with Gasteiger partial charge in [0.05, 0.1) is 0 Å². The highest BCUT2D eigenvalue weighted by Gasteiger charge is 2.23. The Balaban J connectivity index is 2.05. The molecule has 1 aromatic heterocycles. The van der Waals surface area contributed by atoms with Crippen LogP contribution >= 0.6 is 27.5 Å². The van der Waals surface area contributed by atoms with Gasteiger partial charge in [-0.3, -0.25) is 0 Å². The van der Waals surface area contributed by atoms with Gasteiger partial charge in [-0.15, -0.1) is 11.6 Å². The van der Waals surface area contributed by atoms with Crippen LogP contribution in [0.5, 0.6) is 0 Å². The van der Waals surface area contributed by atoms with Gasteiger partial charge in [-0.25, -0.2) is 4.98 Å². The molecule has 2 nitrogen and oxygen atoms in total. The Morgan fingerprint density at radius 2 is 2.22 bits per heavy atom. The second-order valence-corrected chi connectivity index (χ2v) is 5.89. The summed E-state index contributed by atoms with van der Waals surface area (Å²) in [5.74, 6) is 2.42. The maximum atomic E-state index is 5.95. The third kappa shape index (κ3) is 2.10. The number of nitrogens with zero attached hydrogens (tertiary/aromatic N) is 2. The van der Waals surface area contributed by atoms with Crippen LogP contribution in [0.15, 0.2) is 34.9 Å². The number of anilines is 1. The third-order valence-electron chi connectivity index (χ3n) is 3.54. The number of hydrogen-bond donors (Lipinski definition) is 0. The van der Waals surface area contributed by atoms with E-state index in [1.54, 1.807) is 0 Å². The summed E-state index contributed by atoms with van der Waals surface area (Å²) in [7, 11) is 0. The molecule has 18 heavy (non-hydrogen) atoms. The molecule has 1 aliphatic rings. The van der Waals surface area contributed by atoms with E-state index in [0.29, 0.717) is 5.92 Å². The second kappa shape index (κ2) is 5.06. The Morgan fingerprint density at radius 3 is 3.00 bits per heavy atom. The summed E-state index contributed by atoms with van der Waals surface area (Å²) in [6.07, 6.45) is 3.05. The molecule has 1 saturated heterocycles. The first kappa shape index (κ1) is 12.2. The molecule has 0 spiro atoms. The fourth-order valence-electron chi connectivity index (χ4n) is 2.56. The average molecular weight is 326 g/mol. The maximum Gasteiger partial charge on any atom is 0.136 e. The highest BCUT2D eigenvalue weighted by molar-refractivity contribution is 9.10. The monoisotopic (exact) mass is 324 g/mol. The van der Waals surface area contributed by atoms with E-state index in [1.807, 2.05) is 6.20 Å². The Hall–Kier alpha value is -0.800. The van der Waals surface area contributed by atoms with Crippen LogP contribution in [0.4, 0.5) is 5.82 Å². The minimum Gasteiger partial charge on any atom is -0.356 e. The number of benzene rings is 1. The van der Waals surface area contributed by atoms with Gasteiger partial charge in [0.1, 0.15) is 5.82 Å². The zero-order valence-corrected chi connectivity index (χ0v) is 12.3. The van der Waals surface area contributed by atoms with Crippen molar-refractivity contribution in [2.24, 2.45) is 5.92 Å². The van der Waals surface area contributed by atoms with E-state index in [-0.39, 0.29) is 0 Å². The number of pyridine rings is 1. The lowest BCUT2D eigenvalue weighted by molar-refractivity contribution is 0.666. The molecule has 0 N–H and O–H groups in total. The number of hydrogen-bond acceptors (Lipinski definition) is 2. The molecule has 4 heteroatoms. The van der Waals surface area contributed by atoms with Gasteiger partial charge >= 0.3 is 0 Å². The molecule has 2 aromatic rings. The number of aromatic nitrogens is 1. The van der Waals surface area contributed by atoms with Crippen molar-refractivity contribution in [2.45, 2.75) is 6.42 Å². The zero-order valence-electron chi connectivity index (χ0n) is 9.94. The molecule has 1 fully saturated rings. The molecule has 1 unspecified atom stereocenters. The summed E-state index contributed by atoms with van der Waals surface area (Å²) >= 11 is 9.55. The van der Waals surface area contributed by atoms with Crippen molar-refractivity contribution in [1.29, 1.82) is 0 Å². The van der Waals surface area contributed by atoms with E-state index in [9.17, 15) is 0 Å². The van der Waals surface area contributed by atoms with Crippen molar-refractivity contribution in [2.75, 3.05) is 23.9 Å². The molecular weight excluding hydrogens is 312 g/mol. The molecule has 2 heterocycles. The van der Waals surface area contributed by atoms with Crippen LogP contribution in [-0.4, -0.2) is 24.0 Å². The first-order chi connectivity index (χ1) is 8.79. The smallest absolute Gasteiger partial charge is 0.136 e. The standard InChI is InChI=1S/C14H14BrClN2/c15-13-3-1-2-12-11(13)4-6-17-14(12)18-7-5-10(8-16)9-18/h1-4,6,10H,5,7-9H2. The van der Waals surface area contributed by atoms with Gasteiger partial charge in [-0.1, -0.05) is 28.1 Å². The summed E-state index contributed by atoms with van der Waals surface area (Å²) in [5, 5.41) is 2.43. The summed E-state index contributed by atoms with van der Waals surface area (Å²) in [4.78, 5) is 6.91. The lowest BCUT2D eigenvalue weighted by Gasteiger charge is -2.19. The molecule has 0 amide bonds. The Labute approximate surface area is 120 Å². The van der Waals surface area contributed by atoms with Crippen LogP contribution in [0, 0.1) is 5.92 Å². The van der Waals surface area contributed by atoms with E-state index in [1.165, 1.54) is 10.8 Å². The average Bonchev–Trinajstić information content (AvgIpc) is 2.87. The highest BCUT2D eigenvalue weighted by atomic mass is 79.9. The van der Waals surface area contributed by atoms with E-state index in [2.05, 4.69) is 50.1 Å². The Kier molecular flexibility index (Phi) is 3.44. The summed E-state index contributed by atoms with van der Waals surface area (Å²) in [6, 6.07) is 8.32. The van der Waals surface area contributed by atoms with Gasteiger partial charge in [0.2, 0.25) is 0 Å². The van der Waals surface area contributed by atoms with Crippen molar-refractivity contribution in [3.63, 3.8) is 0 Å². The Morgan fingerprint density at radius 1 is 1.33 bits per heavy atom. The summed E-state index contributed by atoms with van der Waals surface area (Å²) < 4.78 is 1.12. The molecule has 0 saturated carbocycles. The Bertz CT molecular complexity index is 573. The van der Waals surface area contributed by atoms with Gasteiger partial charge in [0.25, 0.3) is 0 Å². The molecule has 0 bridgehead atoms. The van der Waals surface area contributed by atoms with Crippen LogP contribution in [0.2, 0.25) is 0 Å². The normalized spacial score (nSPS) is 19.7. The molecular formula is C14H14BrClN2. The van der Waals surface area contributed by atoms with Gasteiger partial charge < -0.3 is 4.90 Å². The lowest BCUT2D eigenvalue weighted by Crippen LogP contribution is -2.21. The van der Waals surface area contributed by atoms with Crippen molar-refractivity contribution < 1.29 is 0 Å². The van der Waals surface area contributed by atoms with Crippen LogP contribution in [0.3, 0.4) is 0 Å². The summed E-state index contributed by atoms with van der Waals surface area (Å²) in [5.41, 5.74) is 0. The minimum absolute atomic E-state index is 0.593. The first-order valence-electron chi connectivity index (χ1n) is 6.13. The highest BCUT2D eigenvalue weighted by Crippen LogP contribution is 2.32. The fraction of sp³-hybridized carbons (Fsp3) is 0.357. The SMILES string of the molecule is ClCC1CCN(c2nccc3c(Br)cccc23)C1. The van der Waals surface area contributed by atoms with Gasteiger partial charge in [0.15, 0.2) is 0 Å². The first-order valence-corrected chi connectivity index (χ1v) is 7.46. The van der Waals surface area contributed by atoms with E-state index in [4.69, 9.17) is 11.6 Å². The molecule has 0 radical (unpaired) electrons. The quantitative estimate of drug-likeness (QED) is 0.774. The van der Waals surface area contributed by atoms with Gasteiger partial charge in [0, 0.05) is 40.4 Å². The van der Waals surface area contributed by atoms with Crippen molar-refractivity contribution in [3.8, 4) is 0 Å². The molecule has 1 aliphatic heterocycles. The lowest BCUT2D eigenvalue weighted by atomic mass is 10.1. The largest absolute Gasteiger partial charge is 0.356 e. The maximum absolute atomic E-state index is 5.95. The minimum atomic E-state index is 0.593. The number of alkyl halides is 1. The zero-order chi connectivity index (χ0) is 12.5. The second-order valence-electron chi connectivity index (χ2n) is 4.72. The molecule has 1 atom stereocenters. The van der Waals surface area contributed by atoms with Crippen LogP contribution < -0.4 is 4.90 Å². The third-order valence-corrected chi connectivity index (χ3v) is 4.66. The van der Waals surface area contributed by atoms with E-state index < -0.39 is 0 Å². The van der Waals surface area contributed by atoms with E-state index >= 15 is 0 Å². The van der Waals surface area contributed by atoms with Gasteiger partial charge in [-0.05, 0) is 24.5 Å². The predicted molar refractivity (Wildman–Crippen MR) is 80.5 cm³/mol. The topological polar surface area (TPSA) is 16.1 Å². The van der Waals surface area contributed by atoms with Crippen molar-refractivity contribution in [3.05, 3.63) is 34.9 Å². The van der Waals surface area contributed by atoms with Crippen LogP contribution in [0.1, 0.15) is 6.42 Å². The molecule has 94 valence electrons.